The van der Waals surface area contributed by atoms with E-state index in [0.717, 1.165) is 27.7 Å². The molecule has 6 nitrogen and oxygen atoms in total. The summed E-state index contributed by atoms with van der Waals surface area (Å²) >= 11 is 0. The Morgan fingerprint density at radius 1 is 0.727 bits per heavy atom. The number of benzene rings is 1. The van der Waals surface area contributed by atoms with Crippen molar-refractivity contribution in [2.75, 3.05) is 0 Å². The highest BCUT2D eigenvalue weighted by atomic mass is 15.1. The summed E-state index contributed by atoms with van der Waals surface area (Å²) in [4.78, 5) is 16.4. The van der Waals surface area contributed by atoms with Gasteiger partial charge in [-0.05, 0) is 37.1 Å². The molecule has 0 unspecified atom stereocenters. The Balaban J connectivity index is 0.000000131. The topological polar surface area (TPSA) is 77.3 Å². The van der Waals surface area contributed by atoms with Crippen LogP contribution in [0.4, 0.5) is 0 Å². The van der Waals surface area contributed by atoms with Crippen LogP contribution in [0.5, 0.6) is 0 Å². The summed E-state index contributed by atoms with van der Waals surface area (Å²) in [6, 6.07) is 7.80. The fourth-order valence-corrected chi connectivity index (χ4v) is 2.07. The number of aromatic nitrogens is 6. The Labute approximate surface area is 127 Å². The molecule has 0 saturated carbocycles. The monoisotopic (exact) mass is 290 g/mol. The van der Waals surface area contributed by atoms with Crippen LogP contribution in [0.1, 0.15) is 11.1 Å². The van der Waals surface area contributed by atoms with E-state index in [0.29, 0.717) is 5.65 Å². The number of hydrogen-bond acceptors (Lipinski definition) is 6. The number of hydrogen-bond donors (Lipinski definition) is 0. The van der Waals surface area contributed by atoms with Gasteiger partial charge in [0.1, 0.15) is 17.4 Å². The first kappa shape index (κ1) is 13.9. The highest BCUT2D eigenvalue weighted by Crippen LogP contribution is 2.10. The van der Waals surface area contributed by atoms with Crippen molar-refractivity contribution in [2.24, 2.45) is 0 Å². The van der Waals surface area contributed by atoms with Crippen LogP contribution in [0.15, 0.2) is 49.2 Å². The van der Waals surface area contributed by atoms with Gasteiger partial charge >= 0.3 is 0 Å². The van der Waals surface area contributed by atoms with Crippen LogP contribution in [0, 0.1) is 13.8 Å². The molecule has 0 radical (unpaired) electrons. The van der Waals surface area contributed by atoms with Gasteiger partial charge in [0.05, 0.1) is 5.52 Å². The van der Waals surface area contributed by atoms with Crippen LogP contribution in [-0.2, 0) is 0 Å². The van der Waals surface area contributed by atoms with E-state index < -0.39 is 0 Å². The third kappa shape index (κ3) is 2.85. The molecule has 108 valence electrons. The summed E-state index contributed by atoms with van der Waals surface area (Å²) in [5, 5.41) is 7.62. The first-order valence-electron chi connectivity index (χ1n) is 6.81. The minimum Gasteiger partial charge on any atom is -0.251 e. The summed E-state index contributed by atoms with van der Waals surface area (Å²) < 4.78 is 0. The van der Waals surface area contributed by atoms with Crippen LogP contribution in [-0.4, -0.2) is 30.1 Å². The highest BCUT2D eigenvalue weighted by Gasteiger charge is 1.97. The molecule has 0 amide bonds. The lowest BCUT2D eigenvalue weighted by Gasteiger charge is -1.95. The molecule has 6 heteroatoms. The van der Waals surface area contributed by atoms with Gasteiger partial charge in [0.25, 0.3) is 0 Å². The molecule has 0 N–H and O–H groups in total. The Bertz CT molecular complexity index is 834. The lowest BCUT2D eigenvalue weighted by atomic mass is 10.2. The van der Waals surface area contributed by atoms with E-state index in [1.165, 1.54) is 6.33 Å². The zero-order chi connectivity index (χ0) is 15.4. The van der Waals surface area contributed by atoms with Gasteiger partial charge in [0, 0.05) is 18.6 Å². The van der Waals surface area contributed by atoms with E-state index in [2.05, 4.69) is 30.1 Å². The van der Waals surface area contributed by atoms with Gasteiger partial charge in [0.2, 0.25) is 0 Å². The number of nitrogens with zero attached hydrogens (tertiary/aromatic N) is 6. The predicted molar refractivity (Wildman–Crippen MR) is 84.1 cm³/mol. The lowest BCUT2D eigenvalue weighted by molar-refractivity contribution is 1.02. The smallest absolute Gasteiger partial charge is 0.178 e. The molecule has 0 bridgehead atoms. The minimum atomic E-state index is 0.715. The van der Waals surface area contributed by atoms with Gasteiger partial charge in [-0.2, -0.15) is 0 Å². The van der Waals surface area contributed by atoms with Crippen molar-refractivity contribution >= 4 is 22.2 Å². The van der Waals surface area contributed by atoms with E-state index in [1.54, 1.807) is 18.6 Å². The van der Waals surface area contributed by atoms with E-state index in [4.69, 9.17) is 0 Å². The molecule has 0 aliphatic rings. The molecule has 0 aliphatic carbocycles. The van der Waals surface area contributed by atoms with E-state index in [9.17, 15) is 0 Å². The summed E-state index contributed by atoms with van der Waals surface area (Å²) in [6.07, 6.45) is 6.54. The number of rotatable bonds is 0. The Morgan fingerprint density at radius 3 is 2.32 bits per heavy atom. The molecular weight excluding hydrogens is 276 g/mol. The van der Waals surface area contributed by atoms with Crippen molar-refractivity contribution in [1.29, 1.82) is 0 Å². The van der Waals surface area contributed by atoms with E-state index in [1.807, 2.05) is 38.1 Å². The van der Waals surface area contributed by atoms with Gasteiger partial charge in [-0.15, -0.1) is 10.2 Å². The molecular formula is C16H14N6. The Morgan fingerprint density at radius 2 is 1.50 bits per heavy atom. The zero-order valence-electron chi connectivity index (χ0n) is 12.3. The number of aryl methyl sites for hydroxylation is 2. The maximum atomic E-state index is 4.16. The Kier molecular flexibility index (Phi) is 3.91. The average molecular weight is 290 g/mol. The standard InChI is InChI=1S/2C8H7N3/c1-6-2-3-10-8-7(6)9-4-5-11-8;1-6-3-2-4-7-8(6)9-5-10-11-7/h2*2-5H,1H3. The summed E-state index contributed by atoms with van der Waals surface area (Å²) in [7, 11) is 0. The third-order valence-corrected chi connectivity index (χ3v) is 3.19. The van der Waals surface area contributed by atoms with Gasteiger partial charge < -0.3 is 0 Å². The van der Waals surface area contributed by atoms with Crippen molar-refractivity contribution in [3.63, 3.8) is 0 Å². The average Bonchev–Trinajstić information content (AvgIpc) is 2.57. The van der Waals surface area contributed by atoms with Crippen LogP contribution >= 0.6 is 0 Å². The van der Waals surface area contributed by atoms with Crippen LogP contribution in [0.2, 0.25) is 0 Å². The second-order valence-electron chi connectivity index (χ2n) is 4.76. The second kappa shape index (κ2) is 6.17. The predicted octanol–water partition coefficient (Wildman–Crippen LogP) is 2.67. The fourth-order valence-electron chi connectivity index (χ4n) is 2.07. The molecule has 4 rings (SSSR count). The first-order valence-corrected chi connectivity index (χ1v) is 6.81. The van der Waals surface area contributed by atoms with Crippen molar-refractivity contribution in [3.8, 4) is 0 Å². The molecule has 22 heavy (non-hydrogen) atoms. The highest BCUT2D eigenvalue weighted by molar-refractivity contribution is 5.76. The zero-order valence-corrected chi connectivity index (χ0v) is 12.3. The van der Waals surface area contributed by atoms with Gasteiger partial charge in [-0.1, -0.05) is 12.1 Å². The van der Waals surface area contributed by atoms with Gasteiger partial charge in [-0.3, -0.25) is 4.98 Å². The normalized spacial score (nSPS) is 10.3. The van der Waals surface area contributed by atoms with E-state index in [-0.39, 0.29) is 0 Å². The second-order valence-corrected chi connectivity index (χ2v) is 4.76. The molecule has 4 aromatic rings. The molecule has 3 aromatic heterocycles. The molecule has 0 aliphatic heterocycles. The SMILES string of the molecule is Cc1cccc2nncnc12.Cc1ccnc2nccnc12. The first-order chi connectivity index (χ1) is 10.8. The summed E-state index contributed by atoms with van der Waals surface area (Å²) in [5.74, 6) is 0. The number of pyridine rings is 1. The minimum absolute atomic E-state index is 0.715. The maximum absolute atomic E-state index is 4.16. The molecule has 3 heterocycles. The van der Waals surface area contributed by atoms with Crippen LogP contribution < -0.4 is 0 Å². The van der Waals surface area contributed by atoms with E-state index >= 15 is 0 Å². The Hall–Kier alpha value is -3.02. The summed E-state index contributed by atoms with van der Waals surface area (Å²) in [6.45, 7) is 4.01. The summed E-state index contributed by atoms with van der Waals surface area (Å²) in [5.41, 5.74) is 5.64. The van der Waals surface area contributed by atoms with Crippen LogP contribution in [0.3, 0.4) is 0 Å². The van der Waals surface area contributed by atoms with Crippen molar-refractivity contribution < 1.29 is 0 Å². The number of fused-ring (bicyclic) bond motifs is 2. The third-order valence-electron chi connectivity index (χ3n) is 3.19. The molecule has 0 fully saturated rings. The molecule has 0 saturated heterocycles. The molecule has 0 atom stereocenters. The van der Waals surface area contributed by atoms with Crippen molar-refractivity contribution in [2.45, 2.75) is 13.8 Å². The van der Waals surface area contributed by atoms with Gasteiger partial charge in [-0.25, -0.2) is 15.0 Å². The van der Waals surface area contributed by atoms with Crippen molar-refractivity contribution in [1.82, 2.24) is 30.1 Å². The fraction of sp³-hybridized carbons (Fsp3) is 0.125. The lowest BCUT2D eigenvalue weighted by Crippen LogP contribution is -1.87. The van der Waals surface area contributed by atoms with Crippen molar-refractivity contribution in [3.05, 3.63) is 60.3 Å². The quantitative estimate of drug-likeness (QED) is 0.495. The molecule has 0 spiro atoms. The number of para-hydroxylation sites is 1. The van der Waals surface area contributed by atoms with Crippen LogP contribution in [0.25, 0.3) is 22.2 Å². The maximum Gasteiger partial charge on any atom is 0.178 e. The largest absolute Gasteiger partial charge is 0.251 e. The van der Waals surface area contributed by atoms with Gasteiger partial charge in [0.15, 0.2) is 5.65 Å². The molecule has 1 aromatic carbocycles.